The van der Waals surface area contributed by atoms with E-state index >= 15 is 0 Å². The van der Waals surface area contributed by atoms with Crippen LogP contribution in [0.5, 0.6) is 0 Å². The Balaban J connectivity index is 1.28. The summed E-state index contributed by atoms with van der Waals surface area (Å²) in [5.41, 5.74) is 13.4. The predicted octanol–water partition coefficient (Wildman–Crippen LogP) is 11.4. The van der Waals surface area contributed by atoms with E-state index in [1.54, 1.807) is 0 Å². The van der Waals surface area contributed by atoms with E-state index in [9.17, 15) is 0 Å². The quantitative estimate of drug-likeness (QED) is 0.198. The number of nitrogens with zero attached hydrogens (tertiary/aromatic N) is 2. The van der Waals surface area contributed by atoms with Crippen molar-refractivity contribution in [3.8, 4) is 39.1 Å². The third-order valence-corrected chi connectivity index (χ3v) is 9.34. The fourth-order valence-corrected chi connectivity index (χ4v) is 7.07. The van der Waals surface area contributed by atoms with Crippen molar-refractivity contribution in [3.63, 3.8) is 0 Å². The fraction of sp³-hybridized carbons (Fsp3) is 0.0233. The van der Waals surface area contributed by atoms with Crippen LogP contribution in [0.2, 0.25) is 0 Å². The molecule has 0 N–H and O–H groups in total. The average Bonchev–Trinajstić information content (AvgIpc) is 3.59. The van der Waals surface area contributed by atoms with Gasteiger partial charge >= 0.3 is 0 Å². The minimum absolute atomic E-state index is 1.16. The normalized spacial score (nSPS) is 11.7. The molecule has 2 aromatic heterocycles. The Labute approximate surface area is 262 Å². The van der Waals surface area contributed by atoms with Crippen molar-refractivity contribution in [2.45, 2.75) is 0 Å². The van der Waals surface area contributed by atoms with Crippen LogP contribution in [0.3, 0.4) is 0 Å². The number of hydrogen-bond donors (Lipinski definition) is 0. The zero-order valence-corrected chi connectivity index (χ0v) is 25.0. The SMILES string of the molecule is Cn1c2ccc(-c3ccccc3)cc2c2ccc(-n3c4ccc(-c5ccccc5)cc4c4cc(-c5ccccc5)ccc43)cc21. The topological polar surface area (TPSA) is 9.86 Å². The second-order valence-electron chi connectivity index (χ2n) is 11.9. The van der Waals surface area contributed by atoms with Gasteiger partial charge in [0.25, 0.3) is 0 Å². The third-order valence-electron chi connectivity index (χ3n) is 9.34. The van der Waals surface area contributed by atoms with Crippen LogP contribution in [0.15, 0.2) is 164 Å². The van der Waals surface area contributed by atoms with Crippen LogP contribution in [-0.2, 0) is 7.05 Å². The molecule has 212 valence electrons. The molecule has 0 aliphatic carbocycles. The molecular weight excluding hydrogens is 544 g/mol. The number of benzene rings is 7. The van der Waals surface area contributed by atoms with Gasteiger partial charge < -0.3 is 9.13 Å². The summed E-state index contributed by atoms with van der Waals surface area (Å²) < 4.78 is 4.76. The van der Waals surface area contributed by atoms with Crippen molar-refractivity contribution < 1.29 is 0 Å². The Morgan fingerprint density at radius 2 is 0.733 bits per heavy atom. The smallest absolute Gasteiger partial charge is 0.0541 e. The minimum Gasteiger partial charge on any atom is -0.344 e. The molecule has 0 spiro atoms. The summed E-state index contributed by atoms with van der Waals surface area (Å²) in [6, 6.07) is 59.6. The highest BCUT2D eigenvalue weighted by molar-refractivity contribution is 6.13. The Morgan fingerprint density at radius 3 is 1.20 bits per heavy atom. The maximum absolute atomic E-state index is 2.43. The average molecular weight is 575 g/mol. The van der Waals surface area contributed by atoms with Crippen LogP contribution in [0.1, 0.15) is 0 Å². The zero-order valence-electron chi connectivity index (χ0n) is 25.0. The first-order valence-electron chi connectivity index (χ1n) is 15.5. The largest absolute Gasteiger partial charge is 0.344 e. The van der Waals surface area contributed by atoms with Crippen LogP contribution in [0, 0.1) is 0 Å². The van der Waals surface area contributed by atoms with Crippen molar-refractivity contribution in [1.82, 2.24) is 9.13 Å². The Bertz CT molecular complexity index is 2420. The Hall–Kier alpha value is -5.86. The molecule has 0 saturated carbocycles. The first kappa shape index (κ1) is 25.6. The van der Waals surface area contributed by atoms with Gasteiger partial charge in [-0.05, 0) is 81.9 Å². The van der Waals surface area contributed by atoms with Gasteiger partial charge in [0.15, 0.2) is 0 Å². The van der Waals surface area contributed by atoms with Gasteiger partial charge in [0.1, 0.15) is 0 Å². The van der Waals surface area contributed by atoms with E-state index in [1.165, 1.54) is 77.0 Å². The molecule has 0 atom stereocenters. The molecule has 0 fully saturated rings. The second kappa shape index (κ2) is 10.1. The van der Waals surface area contributed by atoms with E-state index in [4.69, 9.17) is 0 Å². The lowest BCUT2D eigenvalue weighted by Gasteiger charge is -2.10. The van der Waals surface area contributed by atoms with Crippen molar-refractivity contribution in [1.29, 1.82) is 0 Å². The predicted molar refractivity (Wildman–Crippen MR) is 191 cm³/mol. The maximum Gasteiger partial charge on any atom is 0.0541 e. The lowest BCUT2D eigenvalue weighted by Crippen LogP contribution is -1.95. The minimum atomic E-state index is 1.16. The Kier molecular flexibility index (Phi) is 5.76. The van der Waals surface area contributed by atoms with E-state index in [2.05, 4.69) is 180 Å². The molecule has 0 saturated heterocycles. The van der Waals surface area contributed by atoms with Crippen LogP contribution < -0.4 is 0 Å². The lowest BCUT2D eigenvalue weighted by molar-refractivity contribution is 1.01. The second-order valence-corrected chi connectivity index (χ2v) is 11.9. The maximum atomic E-state index is 2.43. The lowest BCUT2D eigenvalue weighted by atomic mass is 10.0. The number of aryl methyl sites for hydroxylation is 1. The van der Waals surface area contributed by atoms with Crippen LogP contribution in [0.25, 0.3) is 82.7 Å². The van der Waals surface area contributed by atoms with Crippen molar-refractivity contribution in [3.05, 3.63) is 164 Å². The molecular formula is C43H30N2. The molecule has 2 heterocycles. The summed E-state index contributed by atoms with van der Waals surface area (Å²) in [6.45, 7) is 0. The number of rotatable bonds is 4. The van der Waals surface area contributed by atoms with Crippen molar-refractivity contribution in [2.75, 3.05) is 0 Å². The fourth-order valence-electron chi connectivity index (χ4n) is 7.07. The first-order valence-corrected chi connectivity index (χ1v) is 15.5. The van der Waals surface area contributed by atoms with Gasteiger partial charge in [0.2, 0.25) is 0 Å². The van der Waals surface area contributed by atoms with Gasteiger partial charge in [0.05, 0.1) is 16.6 Å². The molecule has 0 aliphatic rings. The molecule has 9 rings (SSSR count). The summed E-state index contributed by atoms with van der Waals surface area (Å²) in [5.74, 6) is 0. The summed E-state index contributed by atoms with van der Waals surface area (Å²) in [4.78, 5) is 0. The zero-order chi connectivity index (χ0) is 29.9. The summed E-state index contributed by atoms with van der Waals surface area (Å²) >= 11 is 0. The third kappa shape index (κ3) is 4.11. The van der Waals surface area contributed by atoms with E-state index in [0.29, 0.717) is 0 Å². The summed E-state index contributed by atoms with van der Waals surface area (Å²) in [5, 5.41) is 5.07. The van der Waals surface area contributed by atoms with E-state index in [0.717, 1.165) is 5.69 Å². The van der Waals surface area contributed by atoms with Crippen LogP contribution >= 0.6 is 0 Å². The molecule has 45 heavy (non-hydrogen) atoms. The molecule has 0 unspecified atom stereocenters. The standard InChI is InChI=1S/C43H30N2/c1-44-40-22-17-32(29-11-5-2-6-12-29)25-37(40)36-21-20-35(28-43(36)44)45-41-23-18-33(30-13-7-3-8-14-30)26-38(41)39-27-34(19-24-42(39)45)31-15-9-4-10-16-31/h2-28H,1H3. The van der Waals surface area contributed by atoms with Gasteiger partial charge in [0, 0.05) is 39.8 Å². The molecule has 0 aliphatic heterocycles. The number of aromatic nitrogens is 2. The monoisotopic (exact) mass is 574 g/mol. The number of hydrogen-bond acceptors (Lipinski definition) is 0. The number of fused-ring (bicyclic) bond motifs is 6. The van der Waals surface area contributed by atoms with E-state index in [-0.39, 0.29) is 0 Å². The highest BCUT2D eigenvalue weighted by Crippen LogP contribution is 2.39. The Morgan fingerprint density at radius 1 is 0.311 bits per heavy atom. The molecule has 7 aromatic carbocycles. The van der Waals surface area contributed by atoms with Crippen molar-refractivity contribution >= 4 is 43.6 Å². The molecule has 9 aromatic rings. The molecule has 2 nitrogen and oxygen atoms in total. The highest BCUT2D eigenvalue weighted by Gasteiger charge is 2.17. The van der Waals surface area contributed by atoms with Gasteiger partial charge in [-0.3, -0.25) is 0 Å². The van der Waals surface area contributed by atoms with Crippen LogP contribution in [-0.4, -0.2) is 9.13 Å². The van der Waals surface area contributed by atoms with Crippen LogP contribution in [0.4, 0.5) is 0 Å². The highest BCUT2D eigenvalue weighted by atomic mass is 15.0. The summed E-state index contributed by atoms with van der Waals surface area (Å²) in [7, 11) is 2.18. The molecule has 0 amide bonds. The summed E-state index contributed by atoms with van der Waals surface area (Å²) in [6.07, 6.45) is 0. The van der Waals surface area contributed by atoms with E-state index in [1.807, 2.05) is 0 Å². The first-order chi connectivity index (χ1) is 22.2. The van der Waals surface area contributed by atoms with Crippen molar-refractivity contribution in [2.24, 2.45) is 7.05 Å². The van der Waals surface area contributed by atoms with Gasteiger partial charge in [-0.1, -0.05) is 115 Å². The molecule has 2 heteroatoms. The molecule has 0 radical (unpaired) electrons. The van der Waals surface area contributed by atoms with Gasteiger partial charge in [-0.15, -0.1) is 0 Å². The molecule has 0 bridgehead atoms. The van der Waals surface area contributed by atoms with Gasteiger partial charge in [-0.25, -0.2) is 0 Å². The van der Waals surface area contributed by atoms with E-state index < -0.39 is 0 Å². The van der Waals surface area contributed by atoms with Gasteiger partial charge in [-0.2, -0.15) is 0 Å².